The Morgan fingerprint density at radius 2 is 1.93 bits per heavy atom. The van der Waals surface area contributed by atoms with Crippen LogP contribution < -0.4 is 5.32 Å². The van der Waals surface area contributed by atoms with Gasteiger partial charge in [-0.2, -0.15) is 0 Å². The van der Waals surface area contributed by atoms with Crippen LogP contribution in [-0.4, -0.2) is 22.0 Å². The Labute approximate surface area is 163 Å². The average Bonchev–Trinajstić information content (AvgIpc) is 2.95. The number of imidazole rings is 1. The van der Waals surface area contributed by atoms with Gasteiger partial charge in [-0.25, -0.2) is 9.37 Å². The molecule has 0 aliphatic carbocycles. The average molecular weight is 388 g/mol. The van der Waals surface area contributed by atoms with E-state index in [1.165, 1.54) is 6.07 Å². The summed E-state index contributed by atoms with van der Waals surface area (Å²) in [7, 11) is 0. The van der Waals surface area contributed by atoms with Crippen LogP contribution in [0.2, 0.25) is 5.02 Å². The summed E-state index contributed by atoms with van der Waals surface area (Å²) < 4.78 is 16.2. The van der Waals surface area contributed by atoms with E-state index in [0.717, 1.165) is 16.9 Å². The van der Waals surface area contributed by atoms with Crippen LogP contribution in [0.25, 0.3) is 11.0 Å². The number of nitrogens with zero attached hydrogens (tertiary/aromatic N) is 2. The molecule has 2 aromatic carbocycles. The summed E-state index contributed by atoms with van der Waals surface area (Å²) in [6.07, 6.45) is 0.544. The maximum Gasteiger partial charge on any atom is 0.225 e. The van der Waals surface area contributed by atoms with Crippen molar-refractivity contribution in [2.24, 2.45) is 5.41 Å². The van der Waals surface area contributed by atoms with Crippen molar-refractivity contribution in [3.05, 3.63) is 64.7 Å². The number of aromatic nitrogens is 2. The van der Waals surface area contributed by atoms with E-state index in [-0.39, 0.29) is 18.3 Å². The molecule has 0 saturated heterocycles. The van der Waals surface area contributed by atoms with E-state index in [1.807, 2.05) is 49.6 Å². The van der Waals surface area contributed by atoms with Crippen LogP contribution >= 0.6 is 11.6 Å². The number of amides is 1. The molecule has 3 rings (SSSR count). The molecular formula is C21H23ClFN3O. The first-order valence-corrected chi connectivity index (χ1v) is 9.30. The smallest absolute Gasteiger partial charge is 0.225 e. The van der Waals surface area contributed by atoms with Crippen molar-refractivity contribution in [3.63, 3.8) is 0 Å². The standard InChI is InChI=1S/C21H23ClFN3O/c1-21(2,3)20(27)24-12-11-19-25-17-9-4-5-10-18(17)26(19)13-14-15(22)7-6-8-16(14)23/h4-10H,11-13H2,1-3H3,(H,24,27). The van der Waals surface area contributed by atoms with Gasteiger partial charge in [-0.3, -0.25) is 4.79 Å². The molecule has 0 fully saturated rings. The van der Waals surface area contributed by atoms with Gasteiger partial charge in [0.2, 0.25) is 5.91 Å². The Hall–Kier alpha value is -2.40. The summed E-state index contributed by atoms with van der Waals surface area (Å²) in [5.41, 5.74) is 1.74. The normalized spacial score (nSPS) is 11.7. The zero-order valence-electron chi connectivity index (χ0n) is 15.7. The molecule has 1 N–H and O–H groups in total. The third-order valence-electron chi connectivity index (χ3n) is 4.43. The number of benzene rings is 2. The molecule has 1 heterocycles. The molecule has 4 nitrogen and oxygen atoms in total. The molecule has 6 heteroatoms. The lowest BCUT2D eigenvalue weighted by molar-refractivity contribution is -0.128. The summed E-state index contributed by atoms with van der Waals surface area (Å²) in [5.74, 6) is 0.430. The monoisotopic (exact) mass is 387 g/mol. The maximum absolute atomic E-state index is 14.3. The summed E-state index contributed by atoms with van der Waals surface area (Å²) in [6.45, 7) is 6.37. The van der Waals surface area contributed by atoms with Gasteiger partial charge >= 0.3 is 0 Å². The van der Waals surface area contributed by atoms with Crippen LogP contribution in [0, 0.1) is 11.2 Å². The van der Waals surface area contributed by atoms with E-state index < -0.39 is 5.41 Å². The molecule has 0 unspecified atom stereocenters. The Morgan fingerprint density at radius 3 is 2.63 bits per heavy atom. The Balaban J connectivity index is 1.89. The molecule has 0 saturated carbocycles. The van der Waals surface area contributed by atoms with Crippen molar-refractivity contribution in [1.29, 1.82) is 0 Å². The molecule has 3 aromatic rings. The van der Waals surface area contributed by atoms with Crippen molar-refractivity contribution in [2.45, 2.75) is 33.7 Å². The molecule has 1 amide bonds. The number of hydrogen-bond donors (Lipinski definition) is 1. The highest BCUT2D eigenvalue weighted by Crippen LogP contribution is 2.24. The first-order chi connectivity index (χ1) is 12.8. The summed E-state index contributed by atoms with van der Waals surface area (Å²) in [4.78, 5) is 16.8. The van der Waals surface area contributed by atoms with Gasteiger partial charge in [0.25, 0.3) is 0 Å². The second-order valence-electron chi connectivity index (χ2n) is 7.56. The minimum atomic E-state index is -0.444. The van der Waals surface area contributed by atoms with Gasteiger partial charge in [-0.05, 0) is 24.3 Å². The number of carbonyl (C=O) groups excluding carboxylic acids is 1. The van der Waals surface area contributed by atoms with Crippen LogP contribution in [0.4, 0.5) is 4.39 Å². The summed E-state index contributed by atoms with van der Waals surface area (Å²) in [5, 5.41) is 3.33. The van der Waals surface area contributed by atoms with Gasteiger partial charge in [0.15, 0.2) is 0 Å². The number of rotatable bonds is 5. The van der Waals surface area contributed by atoms with E-state index in [2.05, 4.69) is 10.3 Å². The van der Waals surface area contributed by atoms with Crippen LogP contribution in [0.5, 0.6) is 0 Å². The van der Waals surface area contributed by atoms with Gasteiger partial charge in [0, 0.05) is 29.0 Å². The number of hydrogen-bond acceptors (Lipinski definition) is 2. The van der Waals surface area contributed by atoms with Crippen LogP contribution in [0.15, 0.2) is 42.5 Å². The third kappa shape index (κ3) is 4.30. The predicted molar refractivity (Wildman–Crippen MR) is 106 cm³/mol. The van der Waals surface area contributed by atoms with E-state index >= 15 is 0 Å². The van der Waals surface area contributed by atoms with Crippen LogP contribution in [0.3, 0.4) is 0 Å². The van der Waals surface area contributed by atoms with Gasteiger partial charge in [0.1, 0.15) is 11.6 Å². The lowest BCUT2D eigenvalue weighted by Gasteiger charge is -2.17. The van der Waals surface area contributed by atoms with Gasteiger partial charge < -0.3 is 9.88 Å². The van der Waals surface area contributed by atoms with Crippen molar-refractivity contribution < 1.29 is 9.18 Å². The van der Waals surface area contributed by atoms with Crippen LogP contribution in [-0.2, 0) is 17.8 Å². The van der Waals surface area contributed by atoms with E-state index in [0.29, 0.717) is 23.6 Å². The maximum atomic E-state index is 14.3. The molecule has 0 aliphatic rings. The van der Waals surface area contributed by atoms with Crippen molar-refractivity contribution >= 4 is 28.5 Å². The van der Waals surface area contributed by atoms with Crippen molar-refractivity contribution in [1.82, 2.24) is 14.9 Å². The topological polar surface area (TPSA) is 46.9 Å². The number of nitrogens with one attached hydrogen (secondary N) is 1. The highest BCUT2D eigenvalue weighted by Gasteiger charge is 2.21. The fourth-order valence-electron chi connectivity index (χ4n) is 2.89. The molecule has 1 aromatic heterocycles. The van der Waals surface area contributed by atoms with Gasteiger partial charge in [0.05, 0.1) is 17.6 Å². The van der Waals surface area contributed by atoms with E-state index in [4.69, 9.17) is 11.6 Å². The minimum Gasteiger partial charge on any atom is -0.355 e. The SMILES string of the molecule is CC(C)(C)C(=O)NCCc1nc2ccccc2n1Cc1c(F)cccc1Cl. The van der Waals surface area contributed by atoms with Gasteiger partial charge in [-0.1, -0.05) is 50.6 Å². The fraction of sp³-hybridized carbons (Fsp3) is 0.333. The Morgan fingerprint density at radius 1 is 1.19 bits per heavy atom. The zero-order valence-corrected chi connectivity index (χ0v) is 16.5. The molecular weight excluding hydrogens is 365 g/mol. The van der Waals surface area contributed by atoms with Crippen molar-refractivity contribution in [2.75, 3.05) is 6.54 Å². The first-order valence-electron chi connectivity index (χ1n) is 8.92. The first kappa shape index (κ1) is 19.4. The number of halogens is 2. The van der Waals surface area contributed by atoms with E-state index in [9.17, 15) is 9.18 Å². The second kappa shape index (κ2) is 7.69. The highest BCUT2D eigenvalue weighted by atomic mass is 35.5. The predicted octanol–water partition coefficient (Wildman–Crippen LogP) is 4.58. The molecule has 0 spiro atoms. The lowest BCUT2D eigenvalue weighted by Crippen LogP contribution is -2.36. The quantitative estimate of drug-likeness (QED) is 0.696. The Bertz CT molecular complexity index is 955. The zero-order chi connectivity index (χ0) is 19.6. The van der Waals surface area contributed by atoms with Gasteiger partial charge in [-0.15, -0.1) is 0 Å². The van der Waals surface area contributed by atoms with Crippen molar-refractivity contribution in [3.8, 4) is 0 Å². The molecule has 0 radical (unpaired) electrons. The molecule has 0 bridgehead atoms. The minimum absolute atomic E-state index is 0.0118. The summed E-state index contributed by atoms with van der Waals surface area (Å²) >= 11 is 6.22. The third-order valence-corrected chi connectivity index (χ3v) is 4.78. The number of carbonyl (C=O) groups is 1. The number of para-hydroxylation sites is 2. The second-order valence-corrected chi connectivity index (χ2v) is 7.97. The highest BCUT2D eigenvalue weighted by molar-refractivity contribution is 6.31. The largest absolute Gasteiger partial charge is 0.355 e. The van der Waals surface area contributed by atoms with E-state index in [1.54, 1.807) is 12.1 Å². The lowest BCUT2D eigenvalue weighted by atomic mass is 9.96. The van der Waals surface area contributed by atoms with Crippen LogP contribution in [0.1, 0.15) is 32.2 Å². The molecule has 0 aliphatic heterocycles. The molecule has 0 atom stereocenters. The Kier molecular flexibility index (Phi) is 5.51. The summed E-state index contributed by atoms with van der Waals surface area (Å²) in [6, 6.07) is 12.4. The fourth-order valence-corrected chi connectivity index (χ4v) is 3.11. The molecule has 142 valence electrons. The molecule has 27 heavy (non-hydrogen) atoms. The number of fused-ring (bicyclic) bond motifs is 1.